The number of benzene rings is 3. The van der Waals surface area contributed by atoms with Gasteiger partial charge in [-0.1, -0.05) is 36.4 Å². The van der Waals surface area contributed by atoms with E-state index in [0.29, 0.717) is 28.2 Å². The van der Waals surface area contributed by atoms with Crippen LogP contribution < -0.4 is 16.0 Å². The summed E-state index contributed by atoms with van der Waals surface area (Å²) in [6, 6.07) is 21.6. The maximum absolute atomic E-state index is 12.7. The zero-order valence-electron chi connectivity index (χ0n) is 15.9. The van der Waals surface area contributed by atoms with Gasteiger partial charge in [0.1, 0.15) is 0 Å². The van der Waals surface area contributed by atoms with Gasteiger partial charge in [0.15, 0.2) is 11.4 Å². The summed E-state index contributed by atoms with van der Waals surface area (Å²) in [7, 11) is 0. The average Bonchev–Trinajstić information content (AvgIpc) is 2.99. The van der Waals surface area contributed by atoms with Crippen molar-refractivity contribution in [2.45, 2.75) is 12.0 Å². The minimum Gasteiger partial charge on any atom is -0.375 e. The van der Waals surface area contributed by atoms with E-state index in [1.807, 2.05) is 18.2 Å². The molecule has 0 bridgehead atoms. The molecular formula is C23H19N3O4. The summed E-state index contributed by atoms with van der Waals surface area (Å²) in [5.74, 6) is -1.00. The van der Waals surface area contributed by atoms with Crippen molar-refractivity contribution in [3.05, 3.63) is 90.0 Å². The molecule has 1 aliphatic rings. The zero-order valence-corrected chi connectivity index (χ0v) is 15.9. The molecule has 0 aliphatic carbocycles. The summed E-state index contributed by atoms with van der Waals surface area (Å²) >= 11 is 0. The second kappa shape index (κ2) is 7.81. The van der Waals surface area contributed by atoms with Crippen LogP contribution in [-0.4, -0.2) is 22.8 Å². The molecule has 7 heteroatoms. The van der Waals surface area contributed by atoms with E-state index in [2.05, 4.69) is 16.0 Å². The van der Waals surface area contributed by atoms with Crippen LogP contribution in [-0.2, 0) is 10.4 Å². The molecule has 0 fully saturated rings. The van der Waals surface area contributed by atoms with Crippen molar-refractivity contribution in [2.75, 3.05) is 16.0 Å². The van der Waals surface area contributed by atoms with Gasteiger partial charge in [0.25, 0.3) is 5.91 Å². The highest BCUT2D eigenvalue weighted by atomic mass is 16.3. The van der Waals surface area contributed by atoms with Crippen LogP contribution in [0.2, 0.25) is 0 Å². The number of Topliss-reactive ketones (excluding diaryl/α,β-unsaturated/α-hetero) is 1. The first kappa shape index (κ1) is 19.4. The van der Waals surface area contributed by atoms with Gasteiger partial charge in [0.05, 0.1) is 6.42 Å². The zero-order chi connectivity index (χ0) is 21.1. The second-order valence-corrected chi connectivity index (χ2v) is 6.98. The van der Waals surface area contributed by atoms with Crippen molar-refractivity contribution >= 4 is 34.8 Å². The quantitative estimate of drug-likeness (QED) is 0.489. The molecule has 3 amide bonds. The molecular weight excluding hydrogens is 382 g/mol. The summed E-state index contributed by atoms with van der Waals surface area (Å²) in [4.78, 5) is 37.0. The number of amides is 3. The predicted octanol–water partition coefficient (Wildman–Crippen LogP) is 3.74. The molecule has 0 unspecified atom stereocenters. The molecule has 0 radical (unpaired) electrons. The first-order valence-electron chi connectivity index (χ1n) is 9.35. The van der Waals surface area contributed by atoms with E-state index < -0.39 is 17.5 Å². The molecule has 0 spiro atoms. The number of nitrogens with one attached hydrogen (secondary N) is 3. The van der Waals surface area contributed by atoms with Crippen molar-refractivity contribution in [2.24, 2.45) is 0 Å². The third-order valence-corrected chi connectivity index (χ3v) is 4.91. The van der Waals surface area contributed by atoms with E-state index in [1.54, 1.807) is 60.7 Å². The minimum absolute atomic E-state index is 0.328. The van der Waals surface area contributed by atoms with Crippen molar-refractivity contribution in [1.29, 1.82) is 0 Å². The molecule has 3 aromatic carbocycles. The first-order chi connectivity index (χ1) is 14.5. The van der Waals surface area contributed by atoms with Crippen LogP contribution in [0.3, 0.4) is 0 Å². The van der Waals surface area contributed by atoms with Crippen molar-refractivity contribution < 1.29 is 19.5 Å². The largest absolute Gasteiger partial charge is 0.375 e. The number of carbonyl (C=O) groups excluding carboxylic acids is 3. The molecule has 30 heavy (non-hydrogen) atoms. The highest BCUT2D eigenvalue weighted by Gasteiger charge is 2.46. The van der Waals surface area contributed by atoms with E-state index >= 15 is 0 Å². The van der Waals surface area contributed by atoms with Gasteiger partial charge in [-0.3, -0.25) is 9.59 Å². The molecule has 0 aromatic heterocycles. The summed E-state index contributed by atoms with van der Waals surface area (Å²) in [5.41, 5.74) is 0.476. The predicted molar refractivity (Wildman–Crippen MR) is 113 cm³/mol. The van der Waals surface area contributed by atoms with Crippen LogP contribution >= 0.6 is 0 Å². The summed E-state index contributed by atoms with van der Waals surface area (Å²) < 4.78 is 0. The van der Waals surface area contributed by atoms with Crippen molar-refractivity contribution in [1.82, 2.24) is 0 Å². The standard InChI is InChI=1S/C23H19N3O4/c27-20(14-23(30)18-8-4-5-9-19(18)26-21(23)28)15-10-12-17(13-11-15)25-22(29)24-16-6-2-1-3-7-16/h1-13,30H,14H2,(H,26,28)(H2,24,25,29)/t23-/m1/s1. The maximum Gasteiger partial charge on any atom is 0.323 e. The van der Waals surface area contributed by atoms with Crippen LogP contribution in [0.15, 0.2) is 78.9 Å². The number of rotatable bonds is 5. The average molecular weight is 401 g/mol. The van der Waals surface area contributed by atoms with Gasteiger partial charge in [-0.25, -0.2) is 4.79 Å². The molecule has 3 aromatic rings. The van der Waals surface area contributed by atoms with Crippen LogP contribution in [0.4, 0.5) is 21.9 Å². The monoisotopic (exact) mass is 401 g/mol. The summed E-state index contributed by atoms with van der Waals surface area (Å²) in [6.07, 6.45) is -0.378. The Hall–Kier alpha value is -3.97. The smallest absolute Gasteiger partial charge is 0.323 e. The third kappa shape index (κ3) is 3.78. The number of aliphatic hydroxyl groups is 1. The van der Waals surface area contributed by atoms with Crippen molar-refractivity contribution in [3.8, 4) is 0 Å². The van der Waals surface area contributed by atoms with Gasteiger partial charge in [0, 0.05) is 28.2 Å². The normalized spacial score (nSPS) is 17.0. The fourth-order valence-corrected chi connectivity index (χ4v) is 3.37. The van der Waals surface area contributed by atoms with Gasteiger partial charge >= 0.3 is 6.03 Å². The van der Waals surface area contributed by atoms with E-state index in [-0.39, 0.29) is 12.2 Å². The van der Waals surface area contributed by atoms with Crippen molar-refractivity contribution in [3.63, 3.8) is 0 Å². The van der Waals surface area contributed by atoms with Gasteiger partial charge in [-0.15, -0.1) is 0 Å². The Morgan fingerprint density at radius 1 is 0.833 bits per heavy atom. The Bertz CT molecular complexity index is 1110. The molecule has 1 heterocycles. The molecule has 150 valence electrons. The molecule has 0 saturated heterocycles. The van der Waals surface area contributed by atoms with Crippen LogP contribution in [0.25, 0.3) is 0 Å². The fourth-order valence-electron chi connectivity index (χ4n) is 3.37. The van der Waals surface area contributed by atoms with Gasteiger partial charge < -0.3 is 21.1 Å². The number of hydrogen-bond donors (Lipinski definition) is 4. The number of urea groups is 1. The number of anilines is 3. The number of ketones is 1. The van der Waals surface area contributed by atoms with Gasteiger partial charge in [-0.05, 0) is 42.5 Å². The lowest BCUT2D eigenvalue weighted by molar-refractivity contribution is -0.133. The second-order valence-electron chi connectivity index (χ2n) is 6.98. The molecule has 0 saturated carbocycles. The van der Waals surface area contributed by atoms with Gasteiger partial charge in [0.2, 0.25) is 0 Å². The number of carbonyl (C=O) groups is 3. The Morgan fingerprint density at radius 2 is 1.43 bits per heavy atom. The first-order valence-corrected chi connectivity index (χ1v) is 9.35. The van der Waals surface area contributed by atoms with Crippen LogP contribution in [0.1, 0.15) is 22.3 Å². The Labute approximate surface area is 172 Å². The molecule has 4 rings (SSSR count). The Kier molecular flexibility index (Phi) is 5.04. The minimum atomic E-state index is -1.90. The number of hydrogen-bond acceptors (Lipinski definition) is 4. The number of para-hydroxylation sites is 2. The summed E-state index contributed by atoms with van der Waals surface area (Å²) in [5, 5.41) is 18.8. The summed E-state index contributed by atoms with van der Waals surface area (Å²) in [6.45, 7) is 0. The molecule has 7 nitrogen and oxygen atoms in total. The SMILES string of the molecule is O=C(Nc1ccccc1)Nc1ccc(C(=O)C[C@]2(O)C(=O)Nc3ccccc32)cc1. The lowest BCUT2D eigenvalue weighted by Gasteiger charge is -2.20. The Balaban J connectivity index is 1.42. The molecule has 4 N–H and O–H groups in total. The lowest BCUT2D eigenvalue weighted by atomic mass is 9.88. The highest BCUT2D eigenvalue weighted by Crippen LogP contribution is 2.38. The van der Waals surface area contributed by atoms with E-state index in [1.165, 1.54) is 0 Å². The van der Waals surface area contributed by atoms with E-state index in [0.717, 1.165) is 0 Å². The topological polar surface area (TPSA) is 108 Å². The maximum atomic E-state index is 12.7. The van der Waals surface area contributed by atoms with E-state index in [4.69, 9.17) is 0 Å². The molecule has 1 atom stereocenters. The third-order valence-electron chi connectivity index (χ3n) is 4.91. The van der Waals surface area contributed by atoms with Gasteiger partial charge in [-0.2, -0.15) is 0 Å². The Morgan fingerprint density at radius 3 is 2.13 bits per heavy atom. The lowest BCUT2D eigenvalue weighted by Crippen LogP contribution is -2.36. The highest BCUT2D eigenvalue weighted by molar-refractivity contribution is 6.09. The molecule has 1 aliphatic heterocycles. The van der Waals surface area contributed by atoms with Crippen LogP contribution in [0.5, 0.6) is 0 Å². The van der Waals surface area contributed by atoms with E-state index in [9.17, 15) is 19.5 Å². The number of fused-ring (bicyclic) bond motifs is 1. The van der Waals surface area contributed by atoms with Crippen LogP contribution in [0, 0.1) is 0 Å². The fraction of sp³-hybridized carbons (Fsp3) is 0.0870.